The fraction of sp³-hybridized carbons (Fsp3) is 0.667. The van der Waals surface area contributed by atoms with E-state index in [4.69, 9.17) is 4.74 Å². The molecule has 1 saturated heterocycles. The fourth-order valence-electron chi connectivity index (χ4n) is 1.58. The van der Waals surface area contributed by atoms with Gasteiger partial charge in [0, 0.05) is 6.61 Å². The van der Waals surface area contributed by atoms with E-state index in [1.807, 2.05) is 6.92 Å². The molecule has 1 nitrogen and oxygen atoms in total. The van der Waals surface area contributed by atoms with E-state index in [1.165, 1.54) is 19.3 Å². The lowest BCUT2D eigenvalue weighted by molar-refractivity contribution is 0.0102. The highest BCUT2D eigenvalue weighted by atomic mass is 16.5. The van der Waals surface area contributed by atoms with Crippen molar-refractivity contribution < 1.29 is 4.74 Å². The topological polar surface area (TPSA) is 9.23 Å². The van der Waals surface area contributed by atoms with Gasteiger partial charge < -0.3 is 4.74 Å². The van der Waals surface area contributed by atoms with Crippen molar-refractivity contribution in [3.63, 3.8) is 0 Å². The minimum absolute atomic E-state index is 0.0462. The van der Waals surface area contributed by atoms with E-state index >= 15 is 0 Å². The highest BCUT2D eigenvalue weighted by Crippen LogP contribution is 2.25. The van der Waals surface area contributed by atoms with Crippen LogP contribution in [-0.2, 0) is 4.74 Å². The third-order valence-electron chi connectivity index (χ3n) is 2.47. The molecule has 74 valence electrons. The highest BCUT2D eigenvalue weighted by molar-refractivity contribution is 5.15. The van der Waals surface area contributed by atoms with Gasteiger partial charge >= 0.3 is 0 Å². The molecule has 0 aliphatic carbocycles. The second kappa shape index (κ2) is 4.61. The summed E-state index contributed by atoms with van der Waals surface area (Å²) in [7, 11) is 0. The molecule has 1 atom stereocenters. The van der Waals surface area contributed by atoms with Crippen LogP contribution in [0.15, 0.2) is 24.3 Å². The largest absolute Gasteiger partial charge is 0.371 e. The molecule has 0 aromatic rings. The van der Waals surface area contributed by atoms with E-state index in [0.29, 0.717) is 0 Å². The van der Waals surface area contributed by atoms with Crippen molar-refractivity contribution in [3.8, 4) is 0 Å². The summed E-state index contributed by atoms with van der Waals surface area (Å²) in [6.45, 7) is 8.93. The van der Waals surface area contributed by atoms with Gasteiger partial charge in [0.05, 0.1) is 5.60 Å². The van der Waals surface area contributed by atoms with E-state index in [0.717, 1.165) is 18.6 Å². The Morgan fingerprint density at radius 1 is 1.38 bits per heavy atom. The molecule has 1 aliphatic heterocycles. The summed E-state index contributed by atoms with van der Waals surface area (Å²) >= 11 is 0. The van der Waals surface area contributed by atoms with Crippen molar-refractivity contribution in [1.82, 2.24) is 0 Å². The van der Waals surface area contributed by atoms with Gasteiger partial charge in [0.25, 0.3) is 0 Å². The third-order valence-corrected chi connectivity index (χ3v) is 2.47. The summed E-state index contributed by atoms with van der Waals surface area (Å²) in [6, 6.07) is 0. The van der Waals surface area contributed by atoms with Crippen molar-refractivity contribution in [2.45, 2.75) is 45.1 Å². The smallest absolute Gasteiger partial charge is 0.0837 e. The van der Waals surface area contributed by atoms with Crippen LogP contribution < -0.4 is 0 Å². The molecule has 0 amide bonds. The van der Waals surface area contributed by atoms with Gasteiger partial charge in [0.15, 0.2) is 0 Å². The van der Waals surface area contributed by atoms with Gasteiger partial charge in [0.2, 0.25) is 0 Å². The fourth-order valence-corrected chi connectivity index (χ4v) is 1.58. The Labute approximate surface area is 81.5 Å². The lowest BCUT2D eigenvalue weighted by Gasteiger charge is -2.24. The van der Waals surface area contributed by atoms with Gasteiger partial charge in [0.1, 0.15) is 0 Å². The molecule has 0 saturated carbocycles. The number of hydrogen-bond acceptors (Lipinski definition) is 1. The summed E-state index contributed by atoms with van der Waals surface area (Å²) in [4.78, 5) is 0. The summed E-state index contributed by atoms with van der Waals surface area (Å²) in [5.74, 6) is 0. The summed E-state index contributed by atoms with van der Waals surface area (Å²) in [5.41, 5.74) is 1.05. The Bertz CT molecular complexity index is 195. The van der Waals surface area contributed by atoms with Crippen molar-refractivity contribution >= 4 is 0 Å². The monoisotopic (exact) mass is 180 g/mol. The predicted octanol–water partition coefficient (Wildman–Crippen LogP) is 3.47. The van der Waals surface area contributed by atoms with Gasteiger partial charge in [-0.2, -0.15) is 0 Å². The Hall–Kier alpha value is -0.560. The van der Waals surface area contributed by atoms with Gasteiger partial charge in [-0.15, -0.1) is 0 Å². The van der Waals surface area contributed by atoms with Crippen molar-refractivity contribution in [1.29, 1.82) is 0 Å². The van der Waals surface area contributed by atoms with Crippen molar-refractivity contribution in [2.75, 3.05) is 6.61 Å². The van der Waals surface area contributed by atoms with E-state index in [1.54, 1.807) is 0 Å². The average Bonchev–Trinajstić information content (AvgIpc) is 2.28. The molecule has 1 rings (SSSR count). The van der Waals surface area contributed by atoms with E-state index in [2.05, 4.69) is 25.7 Å². The van der Waals surface area contributed by atoms with Gasteiger partial charge in [-0.3, -0.25) is 0 Å². The van der Waals surface area contributed by atoms with Gasteiger partial charge in [-0.25, -0.2) is 0 Å². The molecule has 0 spiro atoms. The third kappa shape index (κ3) is 3.77. The molecule has 1 unspecified atom stereocenters. The Balaban J connectivity index is 2.56. The van der Waals surface area contributed by atoms with Gasteiger partial charge in [-0.05, 0) is 26.7 Å². The molecular weight excluding hydrogens is 160 g/mol. The first-order valence-corrected chi connectivity index (χ1v) is 5.11. The van der Waals surface area contributed by atoms with Crippen LogP contribution in [0.25, 0.3) is 0 Å². The summed E-state index contributed by atoms with van der Waals surface area (Å²) in [6.07, 6.45) is 9.13. The van der Waals surface area contributed by atoms with Crippen LogP contribution in [-0.4, -0.2) is 12.2 Å². The quantitative estimate of drug-likeness (QED) is 0.591. The van der Waals surface area contributed by atoms with Crippen molar-refractivity contribution in [3.05, 3.63) is 24.3 Å². The predicted molar refractivity (Wildman–Crippen MR) is 56.8 cm³/mol. The highest BCUT2D eigenvalue weighted by Gasteiger charge is 2.22. The first-order valence-electron chi connectivity index (χ1n) is 5.11. The Morgan fingerprint density at radius 2 is 2.15 bits per heavy atom. The lowest BCUT2D eigenvalue weighted by atomic mass is 9.98. The minimum Gasteiger partial charge on any atom is -0.371 e. The van der Waals surface area contributed by atoms with Crippen LogP contribution in [0, 0.1) is 0 Å². The van der Waals surface area contributed by atoms with Crippen LogP contribution in [0.5, 0.6) is 0 Å². The normalized spacial score (nSPS) is 30.3. The minimum atomic E-state index is -0.0462. The molecule has 1 heteroatoms. The zero-order chi connectivity index (χ0) is 9.73. The Kier molecular flexibility index (Phi) is 3.73. The van der Waals surface area contributed by atoms with E-state index in [-0.39, 0.29) is 5.60 Å². The Morgan fingerprint density at radius 3 is 2.85 bits per heavy atom. The zero-order valence-electron chi connectivity index (χ0n) is 8.81. The molecule has 0 aromatic heterocycles. The molecule has 1 heterocycles. The molecular formula is C12H20O. The molecule has 1 aliphatic rings. The zero-order valence-corrected chi connectivity index (χ0v) is 8.81. The SMILES string of the molecule is C=C(C)C=CC1(C)CCCCCO1. The van der Waals surface area contributed by atoms with Crippen LogP contribution in [0.4, 0.5) is 0 Å². The standard InChI is InChI=1S/C12H20O/c1-11(2)7-9-12(3)8-5-4-6-10-13-12/h7,9H,1,4-6,8,10H2,2-3H3. The van der Waals surface area contributed by atoms with Crippen LogP contribution in [0.1, 0.15) is 39.5 Å². The molecule has 13 heavy (non-hydrogen) atoms. The lowest BCUT2D eigenvalue weighted by Crippen LogP contribution is -2.24. The second-order valence-corrected chi connectivity index (χ2v) is 4.15. The molecule has 0 radical (unpaired) electrons. The van der Waals surface area contributed by atoms with E-state index < -0.39 is 0 Å². The molecule has 0 bridgehead atoms. The van der Waals surface area contributed by atoms with Crippen molar-refractivity contribution in [2.24, 2.45) is 0 Å². The number of ether oxygens (including phenoxy) is 1. The molecule has 0 N–H and O–H groups in total. The average molecular weight is 180 g/mol. The molecule has 0 aromatic carbocycles. The van der Waals surface area contributed by atoms with Crippen LogP contribution in [0.2, 0.25) is 0 Å². The number of rotatable bonds is 2. The number of allylic oxidation sites excluding steroid dienone is 2. The first-order chi connectivity index (χ1) is 6.12. The summed E-state index contributed by atoms with van der Waals surface area (Å²) < 4.78 is 5.81. The first kappa shape index (κ1) is 10.5. The number of hydrogen-bond donors (Lipinski definition) is 0. The maximum atomic E-state index is 5.81. The van der Waals surface area contributed by atoms with Crippen LogP contribution >= 0.6 is 0 Å². The van der Waals surface area contributed by atoms with Crippen LogP contribution in [0.3, 0.4) is 0 Å². The molecule has 1 fully saturated rings. The summed E-state index contributed by atoms with van der Waals surface area (Å²) in [5, 5.41) is 0. The van der Waals surface area contributed by atoms with Gasteiger partial charge in [-0.1, -0.05) is 37.1 Å². The second-order valence-electron chi connectivity index (χ2n) is 4.15. The van der Waals surface area contributed by atoms with E-state index in [9.17, 15) is 0 Å². The maximum Gasteiger partial charge on any atom is 0.0837 e. The maximum absolute atomic E-state index is 5.81.